The van der Waals surface area contributed by atoms with Crippen LogP contribution in [-0.2, 0) is 4.79 Å². The van der Waals surface area contributed by atoms with Crippen molar-refractivity contribution in [2.24, 2.45) is 17.8 Å². The molecule has 4 rings (SSSR count). The number of hydrogen-bond donors (Lipinski definition) is 0. The molecule has 2 saturated carbocycles. The number of rotatable bonds is 5. The third kappa shape index (κ3) is 5.67. The van der Waals surface area contributed by atoms with E-state index >= 15 is 0 Å². The summed E-state index contributed by atoms with van der Waals surface area (Å²) in [4.78, 5) is 28.9. The van der Waals surface area contributed by atoms with E-state index in [2.05, 4.69) is 13.8 Å². The van der Waals surface area contributed by atoms with Crippen LogP contribution in [0.1, 0.15) is 74.9 Å². The number of benzene rings is 1. The Morgan fingerprint density at radius 3 is 2.03 bits per heavy atom. The second-order valence-electron chi connectivity index (χ2n) is 9.56. The van der Waals surface area contributed by atoms with Crippen molar-refractivity contribution in [1.82, 2.24) is 0 Å². The molecule has 0 atom stereocenters. The van der Waals surface area contributed by atoms with E-state index in [4.69, 9.17) is 0 Å². The van der Waals surface area contributed by atoms with Crippen LogP contribution in [0.25, 0.3) is 10.4 Å². The Morgan fingerprint density at radius 2 is 1.47 bits per heavy atom. The molecule has 2 aromatic rings. The molecule has 2 fully saturated rings. The van der Waals surface area contributed by atoms with Crippen LogP contribution < -0.4 is 39.6 Å². The number of thiophene rings is 1. The molecule has 0 saturated heterocycles. The molecule has 0 bridgehead atoms. The monoisotopic (exact) mass is 461 g/mol. The number of hydrogen-bond acceptors (Lipinski definition) is 4. The van der Waals surface area contributed by atoms with Crippen LogP contribution in [0.2, 0.25) is 0 Å². The molecule has 1 amide bonds. The van der Waals surface area contributed by atoms with Gasteiger partial charge in [0.1, 0.15) is 0 Å². The van der Waals surface area contributed by atoms with Gasteiger partial charge in [0.15, 0.2) is 0 Å². The van der Waals surface area contributed by atoms with Crippen molar-refractivity contribution < 1.29 is 44.3 Å². The molecular formula is C26H32NNaO3S. The topological polar surface area (TPSA) is 60.4 Å². The Balaban J connectivity index is 0.00000289. The van der Waals surface area contributed by atoms with Crippen molar-refractivity contribution in [3.05, 3.63) is 41.3 Å². The van der Waals surface area contributed by atoms with Gasteiger partial charge in [-0.25, -0.2) is 0 Å². The molecule has 0 aliphatic heterocycles. The van der Waals surface area contributed by atoms with E-state index in [9.17, 15) is 14.7 Å². The zero-order chi connectivity index (χ0) is 22.0. The molecule has 0 radical (unpaired) electrons. The van der Waals surface area contributed by atoms with E-state index < -0.39 is 5.97 Å². The van der Waals surface area contributed by atoms with E-state index in [0.717, 1.165) is 61.8 Å². The molecule has 2 aliphatic rings. The summed E-state index contributed by atoms with van der Waals surface area (Å²) < 4.78 is 0. The first-order valence-corrected chi connectivity index (χ1v) is 12.5. The van der Waals surface area contributed by atoms with E-state index in [0.29, 0.717) is 17.5 Å². The average molecular weight is 462 g/mol. The van der Waals surface area contributed by atoms with Crippen molar-refractivity contribution in [3.63, 3.8) is 0 Å². The zero-order valence-electron chi connectivity index (χ0n) is 19.5. The van der Waals surface area contributed by atoms with Crippen LogP contribution in [0.4, 0.5) is 5.69 Å². The maximum Gasteiger partial charge on any atom is 1.00 e. The number of carboxylic acid groups (broad SMARTS) is 1. The predicted octanol–water partition coefficient (Wildman–Crippen LogP) is 2.52. The molecule has 1 heterocycles. The smallest absolute Gasteiger partial charge is 0.544 e. The fourth-order valence-electron chi connectivity index (χ4n) is 5.15. The van der Waals surface area contributed by atoms with Crippen LogP contribution in [0.15, 0.2) is 36.4 Å². The summed E-state index contributed by atoms with van der Waals surface area (Å²) in [6.07, 6.45) is 7.94. The second kappa shape index (κ2) is 11.3. The first kappa shape index (κ1) is 25.5. The molecule has 0 unspecified atom stereocenters. The van der Waals surface area contributed by atoms with Crippen molar-refractivity contribution in [1.29, 1.82) is 0 Å². The summed E-state index contributed by atoms with van der Waals surface area (Å²) >= 11 is 1.22. The summed E-state index contributed by atoms with van der Waals surface area (Å²) in [5.74, 6) is 0.238. The van der Waals surface area contributed by atoms with E-state index in [1.807, 2.05) is 41.3 Å². The van der Waals surface area contributed by atoms with Gasteiger partial charge in [-0.15, -0.1) is 11.3 Å². The molecule has 166 valence electrons. The van der Waals surface area contributed by atoms with E-state index in [1.54, 1.807) is 0 Å². The molecule has 0 N–H and O–H groups in total. The molecule has 2 aliphatic carbocycles. The maximum absolute atomic E-state index is 13.8. The summed E-state index contributed by atoms with van der Waals surface area (Å²) in [7, 11) is 0. The standard InChI is InChI=1S/C26H33NO3S.Na/c1-17-8-12-20(13-9-17)25(28)27(21-14-10-18(2)11-15-21)22-16-23(31-24(22)26(29)30)19-6-4-3-5-7-19;/h3-7,16-18,20-21H,8-15H2,1-2H3,(H,29,30);/q;+1/p-1. The van der Waals surface area contributed by atoms with Crippen LogP contribution >= 0.6 is 11.3 Å². The molecular weight excluding hydrogens is 429 g/mol. The molecule has 1 aromatic carbocycles. The number of aromatic carboxylic acids is 1. The second-order valence-corrected chi connectivity index (χ2v) is 10.6. The minimum Gasteiger partial charge on any atom is -0.544 e. The summed E-state index contributed by atoms with van der Waals surface area (Å²) in [6, 6.07) is 11.8. The van der Waals surface area contributed by atoms with Crippen LogP contribution in [-0.4, -0.2) is 17.9 Å². The predicted molar refractivity (Wildman–Crippen MR) is 124 cm³/mol. The van der Waals surface area contributed by atoms with E-state index in [1.165, 1.54) is 11.3 Å². The number of carbonyl (C=O) groups excluding carboxylic acids is 2. The van der Waals surface area contributed by atoms with Gasteiger partial charge in [0.05, 0.1) is 16.5 Å². The Bertz CT molecular complexity index is 912. The number of nitrogens with zero attached hydrogens (tertiary/aromatic N) is 1. The summed E-state index contributed by atoms with van der Waals surface area (Å²) in [5, 5.41) is 12.1. The molecule has 0 spiro atoms. The first-order valence-electron chi connectivity index (χ1n) is 11.7. The Hall–Kier alpha value is -1.14. The third-order valence-electron chi connectivity index (χ3n) is 7.17. The van der Waals surface area contributed by atoms with Gasteiger partial charge in [-0.1, -0.05) is 44.2 Å². The van der Waals surface area contributed by atoms with Crippen molar-refractivity contribution in [2.45, 2.75) is 71.3 Å². The number of amides is 1. The zero-order valence-corrected chi connectivity index (χ0v) is 22.3. The average Bonchev–Trinajstić information content (AvgIpc) is 3.22. The molecule has 4 nitrogen and oxygen atoms in total. The van der Waals surface area contributed by atoms with Gasteiger partial charge in [-0.05, 0) is 74.8 Å². The van der Waals surface area contributed by atoms with Gasteiger partial charge in [-0.2, -0.15) is 0 Å². The molecule has 1 aromatic heterocycles. The number of anilines is 1. The Labute approximate surface area is 217 Å². The van der Waals surface area contributed by atoms with Crippen molar-refractivity contribution >= 4 is 28.9 Å². The molecule has 6 heteroatoms. The largest absolute Gasteiger partial charge is 1.00 e. The fourth-order valence-corrected chi connectivity index (χ4v) is 6.14. The summed E-state index contributed by atoms with van der Waals surface area (Å²) in [5.41, 5.74) is 1.52. The van der Waals surface area contributed by atoms with Gasteiger partial charge < -0.3 is 14.8 Å². The van der Waals surface area contributed by atoms with Crippen molar-refractivity contribution in [2.75, 3.05) is 4.90 Å². The normalized spacial score (nSPS) is 25.6. The first-order chi connectivity index (χ1) is 14.9. The minimum atomic E-state index is -1.19. The maximum atomic E-state index is 13.8. The fraction of sp³-hybridized carbons (Fsp3) is 0.538. The van der Waals surface area contributed by atoms with Gasteiger partial charge in [0.25, 0.3) is 0 Å². The van der Waals surface area contributed by atoms with Crippen molar-refractivity contribution in [3.8, 4) is 10.4 Å². The molecule has 32 heavy (non-hydrogen) atoms. The number of carbonyl (C=O) groups is 2. The van der Waals surface area contributed by atoms with Crippen LogP contribution in [0.5, 0.6) is 0 Å². The SMILES string of the molecule is CC1CCC(C(=O)N(c2cc(-c3ccccc3)sc2C(=O)[O-])C2CCC(C)CC2)CC1.[Na+]. The van der Waals surface area contributed by atoms with Gasteiger partial charge >= 0.3 is 29.6 Å². The van der Waals surface area contributed by atoms with Gasteiger partial charge in [0, 0.05) is 16.8 Å². The van der Waals surface area contributed by atoms with Gasteiger partial charge in [0.2, 0.25) is 5.91 Å². The number of carboxylic acids is 1. The summed E-state index contributed by atoms with van der Waals surface area (Å²) in [6.45, 7) is 4.51. The Morgan fingerprint density at radius 1 is 0.906 bits per heavy atom. The van der Waals surface area contributed by atoms with Crippen LogP contribution in [0, 0.1) is 17.8 Å². The van der Waals surface area contributed by atoms with E-state index in [-0.39, 0.29) is 52.3 Å². The third-order valence-corrected chi connectivity index (χ3v) is 8.32. The minimum absolute atomic E-state index is 0. The van der Waals surface area contributed by atoms with Gasteiger partial charge in [-0.3, -0.25) is 4.79 Å². The Kier molecular flexibility index (Phi) is 9.02. The van der Waals surface area contributed by atoms with Crippen LogP contribution in [0.3, 0.4) is 0 Å². The quantitative estimate of drug-likeness (QED) is 0.643.